The number of carbonyl (C=O) groups excluding carboxylic acids is 5. The summed E-state index contributed by atoms with van der Waals surface area (Å²) in [6.45, 7) is 14.0. The van der Waals surface area contributed by atoms with Gasteiger partial charge < -0.3 is 49.4 Å². The Morgan fingerprint density at radius 1 is 0.663 bits per heavy atom. The van der Waals surface area contributed by atoms with E-state index in [0.29, 0.717) is 40.9 Å². The Bertz CT molecular complexity index is 3740. The predicted molar refractivity (Wildman–Crippen MR) is 383 cm³/mol. The van der Waals surface area contributed by atoms with Crippen LogP contribution < -0.4 is 51.6 Å². The Hall–Kier alpha value is -7.92. The number of esters is 1. The van der Waals surface area contributed by atoms with Gasteiger partial charge in [-0.05, 0) is 71.3 Å². The molecule has 0 aliphatic heterocycles. The maximum absolute atomic E-state index is 12.6. The van der Waals surface area contributed by atoms with Crippen molar-refractivity contribution < 1.29 is 101 Å². The number of amides is 2. The summed E-state index contributed by atoms with van der Waals surface area (Å²) in [5.41, 5.74) is 4.17. The summed E-state index contributed by atoms with van der Waals surface area (Å²) in [6.07, 6.45) is -9.65. The van der Waals surface area contributed by atoms with Crippen molar-refractivity contribution in [1.29, 1.82) is 0 Å². The molecule has 104 heavy (non-hydrogen) atoms. The molecular weight excluding hydrogens is 1780 g/mol. The Labute approximate surface area is 631 Å². The third-order valence-corrected chi connectivity index (χ3v) is 9.48. The van der Waals surface area contributed by atoms with Gasteiger partial charge in [0.1, 0.15) is 62.4 Å². The van der Waals surface area contributed by atoms with E-state index in [9.17, 15) is 68.3 Å². The van der Waals surface area contributed by atoms with Crippen molar-refractivity contribution in [3.8, 4) is 28.7 Å². The first kappa shape index (κ1) is 112. The molecular formula is C56H81BBiBrCl4F9N16O15S. The van der Waals surface area contributed by atoms with Crippen LogP contribution in [-0.2, 0) is 40.9 Å². The molecule has 0 aliphatic carbocycles. The van der Waals surface area contributed by atoms with Crippen LogP contribution in [0.4, 0.5) is 60.7 Å². The SMILES string of the molecule is C.C.C.C.C.CC(C)(C)OC(N)=O.CCOC(=O)CC(C)=O.COc1cnn2c(=O)c(Br)c(C(F)(F)F)nc2c1.COc1cnn2c(=O)cc(C(F)(F)F)nc2c1.COc1cnnc(Cl)c1.COc1cnnc(N)c1.COc1cnnc(NC(=O)OC(C)(C)C)c1.O=CC(F)(F)F.[B]=NS.[Cl][Bi]([Cl])[Cl]. The van der Waals surface area contributed by atoms with Crippen LogP contribution in [-0.4, -0.2) is 175 Å². The van der Waals surface area contributed by atoms with Gasteiger partial charge in [-0.1, -0.05) is 48.7 Å². The number of alkyl halides is 9. The number of methoxy groups -OCH3 is 5. The number of hydrogen-bond donors (Lipinski definition) is 4. The zero-order chi connectivity index (χ0) is 77.2. The second-order valence-corrected chi connectivity index (χ2v) is 35.0. The number of nitrogens with two attached hydrogens (primary N) is 2. The molecule has 0 aliphatic rings. The van der Waals surface area contributed by atoms with Gasteiger partial charge in [-0.2, -0.15) is 74.0 Å². The van der Waals surface area contributed by atoms with Crippen LogP contribution >= 0.6 is 65.9 Å². The first-order valence-electron chi connectivity index (χ1n) is 25.8. The van der Waals surface area contributed by atoms with Gasteiger partial charge in [0.15, 0.2) is 33.7 Å². The molecule has 0 fully saturated rings. The number of hydrogen-bond acceptors (Lipinski definition) is 28. The fraction of sp³-hybridized carbons (Fsp3) is 0.446. The second kappa shape index (κ2) is 56.5. The Morgan fingerprint density at radius 3 is 1.39 bits per heavy atom. The molecule has 7 rings (SSSR count). The van der Waals surface area contributed by atoms with Crippen molar-refractivity contribution >= 4 is 145 Å². The van der Waals surface area contributed by atoms with E-state index in [2.05, 4.69) is 106 Å². The molecule has 587 valence electrons. The van der Waals surface area contributed by atoms with E-state index in [1.54, 1.807) is 80.9 Å². The monoisotopic (exact) mass is 1860 g/mol. The molecule has 7 heterocycles. The van der Waals surface area contributed by atoms with E-state index < -0.39 is 99.3 Å². The predicted octanol–water partition coefficient (Wildman–Crippen LogP) is 13.2. The average molecular weight is 1860 g/mol. The topological polar surface area (TPSA) is 407 Å². The Kier molecular flexibility index (Phi) is 60.8. The summed E-state index contributed by atoms with van der Waals surface area (Å²) < 4.78 is 148. The van der Waals surface area contributed by atoms with Crippen molar-refractivity contribution in [1.82, 2.24) is 59.8 Å². The molecule has 0 unspecified atom stereocenters. The van der Waals surface area contributed by atoms with Crippen LogP contribution in [0.2, 0.25) is 5.15 Å². The van der Waals surface area contributed by atoms with Gasteiger partial charge in [-0.25, -0.2) is 19.6 Å². The number of primary amides is 1. The number of ether oxygens (including phenoxy) is 8. The van der Waals surface area contributed by atoms with Gasteiger partial charge in [0, 0.05) is 36.4 Å². The van der Waals surface area contributed by atoms with Crippen LogP contribution in [0.15, 0.2) is 85.7 Å². The number of nitrogen functional groups attached to an aromatic ring is 1. The molecule has 0 atom stereocenters. The molecule has 0 saturated heterocycles. The number of Topliss-reactive ketones (excluding diaryl/α,β-unsaturated/α-hetero) is 1. The van der Waals surface area contributed by atoms with E-state index >= 15 is 0 Å². The molecule has 31 nitrogen and oxygen atoms in total. The number of aromatic nitrogens is 12. The second-order valence-electron chi connectivity index (χ2n) is 18.6. The molecule has 1 radical (unpaired) electrons. The van der Waals surface area contributed by atoms with Crippen molar-refractivity contribution in [3.63, 3.8) is 0 Å². The minimum atomic E-state index is -4.73. The van der Waals surface area contributed by atoms with Crippen molar-refractivity contribution in [2.45, 2.75) is 129 Å². The normalized spacial score (nSPS) is 9.88. The summed E-state index contributed by atoms with van der Waals surface area (Å²) in [5, 5.41) is 31.6. The number of aldehydes is 1. The number of anilines is 2. The number of nitrogens with one attached hydrogen (secondary N) is 1. The van der Waals surface area contributed by atoms with E-state index in [1.165, 1.54) is 71.4 Å². The van der Waals surface area contributed by atoms with Crippen LogP contribution in [0.25, 0.3) is 11.3 Å². The molecule has 0 bridgehead atoms. The van der Waals surface area contributed by atoms with Gasteiger partial charge in [0.2, 0.25) is 6.29 Å². The first-order chi connectivity index (χ1) is 45.6. The standard InChI is InChI=1S/C10H15N3O3.C9H5BrF3N3O2.C9H6F3N3O2.C6H10O3.C5H5ClN2O.C5H7N3O.C5H11NO2.C2HF3O.5CH4.BHNS.Bi.3ClH/c1-10(2,3)16-9(14)12-8-5-7(15-4)6-11-13-8;1-18-4-2-5-15-7(9(11,12)13)6(10)8(17)16(5)14-3-4;1-17-5-2-7-14-6(9(10,11)12)3-8(16)15(7)13-4-5;1-3-9-6(8)4-5(2)7;2*1-9-4-2-5(6)8-7-3-4;1-5(2,3)8-4(6)7;3-2(4,5)1-6;;;;;;1-2-3;;;;/h5-6H,1-4H3,(H,12,13,14);2-3H,1H3;2-4H,1H3;3-4H2,1-2H3;2-3H,1H3;2-3H,1H3,(H2,6,8);1-3H3,(H2,6,7);1H;5*1H4;3H;;3*1H/q;;;;;;;;;;;;;;+3;;;/p-3. The number of ketones is 1. The zero-order valence-electron chi connectivity index (χ0n) is 53.7. The van der Waals surface area contributed by atoms with Crippen LogP contribution in [0.3, 0.4) is 0 Å². The summed E-state index contributed by atoms with van der Waals surface area (Å²) >= 11 is 9.07. The van der Waals surface area contributed by atoms with Gasteiger partial charge in [-0.15, -0.1) is 15.3 Å². The molecule has 7 aromatic rings. The number of rotatable bonds is 9. The van der Waals surface area contributed by atoms with E-state index in [-0.39, 0.29) is 77.9 Å². The van der Waals surface area contributed by atoms with Gasteiger partial charge in [0.05, 0.1) is 73.1 Å². The van der Waals surface area contributed by atoms with Gasteiger partial charge in [0.25, 0.3) is 11.1 Å². The molecule has 7 aromatic heterocycles. The number of halogens is 14. The number of thiol groups is 1. The number of nitrogens with zero attached hydrogens (tertiary/aromatic N) is 13. The third-order valence-electron chi connectivity index (χ3n) is 8.58. The molecule has 48 heteroatoms. The van der Waals surface area contributed by atoms with E-state index in [4.69, 9.17) is 81.8 Å². The Balaban J connectivity index is -0.000000169. The fourth-order valence-electron chi connectivity index (χ4n) is 5.09. The molecule has 0 aromatic carbocycles. The molecule has 0 spiro atoms. The summed E-state index contributed by atoms with van der Waals surface area (Å²) in [7, 11) is 26.6. The third kappa shape index (κ3) is 54.7. The number of carbonyl (C=O) groups is 5. The summed E-state index contributed by atoms with van der Waals surface area (Å²) in [5.74, 6) is 2.24. The first-order valence-corrected chi connectivity index (χ1v) is 40.2. The van der Waals surface area contributed by atoms with E-state index in [0.717, 1.165) is 9.03 Å². The van der Waals surface area contributed by atoms with Crippen molar-refractivity contribution in [2.24, 2.45) is 10.0 Å². The van der Waals surface area contributed by atoms with E-state index in [1.807, 2.05) is 0 Å². The molecule has 5 N–H and O–H groups in total. The van der Waals surface area contributed by atoms with Gasteiger partial charge in [-0.3, -0.25) is 29.3 Å². The van der Waals surface area contributed by atoms with Crippen LogP contribution in [0, 0.1) is 0 Å². The quantitative estimate of drug-likeness (QED) is 0.0198. The average Bonchev–Trinajstić information content (AvgIpc) is 0.780. The van der Waals surface area contributed by atoms with Crippen LogP contribution in [0.1, 0.15) is 110 Å². The molecule has 0 saturated carbocycles. The summed E-state index contributed by atoms with van der Waals surface area (Å²) in [6, 6.07) is 7.53. The molecule has 2 amide bonds. The maximum atomic E-state index is 12.6. The fourth-order valence-corrected chi connectivity index (χ4v) is 5.72. The zero-order valence-corrected chi connectivity index (χ0v) is 62.7. The van der Waals surface area contributed by atoms with Gasteiger partial charge >= 0.3 is 105 Å². The summed E-state index contributed by atoms with van der Waals surface area (Å²) in [4.78, 5) is 80.4. The van der Waals surface area contributed by atoms with Crippen molar-refractivity contribution in [3.05, 3.63) is 109 Å². The minimum absolute atomic E-state index is 0. The number of fused-ring (bicyclic) bond motifs is 2. The Morgan fingerprint density at radius 2 is 1.06 bits per heavy atom. The van der Waals surface area contributed by atoms with Crippen LogP contribution in [0.5, 0.6) is 28.7 Å². The van der Waals surface area contributed by atoms with Crippen molar-refractivity contribution in [2.75, 3.05) is 53.2 Å².